The first-order valence-corrected chi connectivity index (χ1v) is 11.4. The first-order valence-electron chi connectivity index (χ1n) is 11.4. The van der Waals surface area contributed by atoms with E-state index in [1.54, 1.807) is 0 Å². The Bertz CT molecular complexity index is 1740. The van der Waals surface area contributed by atoms with Crippen molar-refractivity contribution in [1.82, 2.24) is 19.1 Å². The highest BCUT2D eigenvalue weighted by atomic mass is 15.1. The minimum absolute atomic E-state index is 0.839. The molecule has 7 aromatic rings. The average Bonchev–Trinajstić information content (AvgIpc) is 3.46. The van der Waals surface area contributed by atoms with Crippen LogP contribution in [0.25, 0.3) is 55.7 Å². The summed E-state index contributed by atoms with van der Waals surface area (Å²) < 4.78 is 4.52. The Morgan fingerprint density at radius 3 is 1.68 bits per heavy atom. The summed E-state index contributed by atoms with van der Waals surface area (Å²) in [5.41, 5.74) is 7.47. The largest absolute Gasteiger partial charge is 0.309 e. The number of hydrogen-bond acceptors (Lipinski definition) is 2. The molecule has 0 aliphatic heterocycles. The lowest BCUT2D eigenvalue weighted by Crippen LogP contribution is -2.00. The van der Waals surface area contributed by atoms with Crippen molar-refractivity contribution in [1.29, 1.82) is 0 Å². The zero-order valence-corrected chi connectivity index (χ0v) is 18.3. The van der Waals surface area contributed by atoms with Gasteiger partial charge < -0.3 is 4.57 Å². The second-order valence-electron chi connectivity index (χ2n) is 8.36. The van der Waals surface area contributed by atoms with Gasteiger partial charge in [-0.05, 0) is 60.7 Å². The molecule has 0 aliphatic carbocycles. The van der Waals surface area contributed by atoms with E-state index in [4.69, 9.17) is 4.98 Å². The third kappa shape index (κ3) is 2.79. The van der Waals surface area contributed by atoms with Gasteiger partial charge in [0.2, 0.25) is 0 Å². The molecule has 3 heterocycles. The third-order valence-corrected chi connectivity index (χ3v) is 6.40. The molecule has 0 saturated carbocycles. The number of para-hydroxylation sites is 4. The SMILES string of the molecule is c1ccc(-c2nc3ccccc3n2-c2ccc(-n3c4ccccc4c4ccccc43)cc2)nc1. The van der Waals surface area contributed by atoms with Crippen LogP contribution in [0, 0.1) is 0 Å². The molecular weight excluding hydrogens is 416 g/mol. The predicted molar refractivity (Wildman–Crippen MR) is 139 cm³/mol. The summed E-state index contributed by atoms with van der Waals surface area (Å²) in [6.07, 6.45) is 1.81. The second kappa shape index (κ2) is 7.42. The first-order chi connectivity index (χ1) is 16.9. The Kier molecular flexibility index (Phi) is 4.11. The van der Waals surface area contributed by atoms with Crippen LogP contribution in [0.4, 0.5) is 0 Å². The van der Waals surface area contributed by atoms with E-state index < -0.39 is 0 Å². The zero-order valence-electron chi connectivity index (χ0n) is 18.3. The van der Waals surface area contributed by atoms with Crippen LogP contribution < -0.4 is 0 Å². The van der Waals surface area contributed by atoms with Crippen LogP contribution in [-0.2, 0) is 0 Å². The number of fused-ring (bicyclic) bond motifs is 4. The van der Waals surface area contributed by atoms with Crippen LogP contribution in [-0.4, -0.2) is 19.1 Å². The summed E-state index contributed by atoms with van der Waals surface area (Å²) in [6.45, 7) is 0. The van der Waals surface area contributed by atoms with Gasteiger partial charge in [0.25, 0.3) is 0 Å². The quantitative estimate of drug-likeness (QED) is 0.294. The minimum Gasteiger partial charge on any atom is -0.309 e. The number of hydrogen-bond donors (Lipinski definition) is 0. The first kappa shape index (κ1) is 18.8. The molecule has 160 valence electrons. The van der Waals surface area contributed by atoms with Crippen LogP contribution >= 0.6 is 0 Å². The number of pyridine rings is 1. The van der Waals surface area contributed by atoms with Crippen LogP contribution in [0.5, 0.6) is 0 Å². The second-order valence-corrected chi connectivity index (χ2v) is 8.36. The van der Waals surface area contributed by atoms with Gasteiger partial charge in [-0.25, -0.2) is 4.98 Å². The molecule has 0 amide bonds. The molecule has 0 unspecified atom stereocenters. The maximum absolute atomic E-state index is 4.91. The van der Waals surface area contributed by atoms with Crippen molar-refractivity contribution in [3.8, 4) is 22.9 Å². The molecule has 0 saturated heterocycles. The van der Waals surface area contributed by atoms with Gasteiger partial charge in [0.05, 0.1) is 22.1 Å². The van der Waals surface area contributed by atoms with Crippen molar-refractivity contribution < 1.29 is 0 Å². The summed E-state index contributed by atoms with van der Waals surface area (Å²) in [5, 5.41) is 2.53. The maximum atomic E-state index is 4.91. The van der Waals surface area contributed by atoms with E-state index in [1.165, 1.54) is 21.8 Å². The van der Waals surface area contributed by atoms with Gasteiger partial charge in [-0.1, -0.05) is 54.6 Å². The number of rotatable bonds is 3. The minimum atomic E-state index is 0.839. The molecular formula is C30H20N4. The van der Waals surface area contributed by atoms with Crippen molar-refractivity contribution in [3.63, 3.8) is 0 Å². The normalized spacial score (nSPS) is 11.5. The fourth-order valence-electron chi connectivity index (χ4n) is 4.91. The predicted octanol–water partition coefficient (Wildman–Crippen LogP) is 7.18. The van der Waals surface area contributed by atoms with Gasteiger partial charge >= 0.3 is 0 Å². The van der Waals surface area contributed by atoms with Gasteiger partial charge in [0.15, 0.2) is 5.82 Å². The number of aromatic nitrogens is 4. The molecule has 7 rings (SSSR count). The van der Waals surface area contributed by atoms with Crippen molar-refractivity contribution >= 4 is 32.8 Å². The molecule has 4 heteroatoms. The zero-order chi connectivity index (χ0) is 22.5. The molecule has 0 bridgehead atoms. The number of nitrogens with zero attached hydrogens (tertiary/aromatic N) is 4. The van der Waals surface area contributed by atoms with E-state index in [9.17, 15) is 0 Å². The van der Waals surface area contributed by atoms with Crippen molar-refractivity contribution in [3.05, 3.63) is 121 Å². The molecule has 0 atom stereocenters. The summed E-state index contributed by atoms with van der Waals surface area (Å²) in [6, 6.07) is 40.0. The molecule has 0 aliphatic rings. The molecule has 0 N–H and O–H groups in total. The van der Waals surface area contributed by atoms with E-state index in [1.807, 2.05) is 36.5 Å². The lowest BCUT2D eigenvalue weighted by atomic mass is 10.2. The smallest absolute Gasteiger partial charge is 0.164 e. The lowest BCUT2D eigenvalue weighted by molar-refractivity contribution is 1.07. The maximum Gasteiger partial charge on any atom is 0.164 e. The number of imidazole rings is 1. The molecule has 0 spiro atoms. The van der Waals surface area contributed by atoms with Crippen molar-refractivity contribution in [2.45, 2.75) is 0 Å². The van der Waals surface area contributed by atoms with E-state index in [2.05, 4.69) is 99.0 Å². The Morgan fingerprint density at radius 2 is 1.03 bits per heavy atom. The van der Waals surface area contributed by atoms with Gasteiger partial charge in [0, 0.05) is 28.3 Å². The Labute approximate surface area is 196 Å². The molecule has 4 nitrogen and oxygen atoms in total. The Morgan fingerprint density at radius 1 is 0.471 bits per heavy atom. The lowest BCUT2D eigenvalue weighted by Gasteiger charge is -2.12. The van der Waals surface area contributed by atoms with Crippen molar-refractivity contribution in [2.75, 3.05) is 0 Å². The molecule has 0 fully saturated rings. The molecule has 4 aromatic carbocycles. The molecule has 3 aromatic heterocycles. The summed E-state index contributed by atoms with van der Waals surface area (Å²) in [7, 11) is 0. The third-order valence-electron chi connectivity index (χ3n) is 6.40. The van der Waals surface area contributed by atoms with Gasteiger partial charge in [-0.2, -0.15) is 0 Å². The van der Waals surface area contributed by atoms with E-state index in [0.717, 1.165) is 33.9 Å². The highest BCUT2D eigenvalue weighted by molar-refractivity contribution is 6.09. The van der Waals surface area contributed by atoms with E-state index in [0.29, 0.717) is 0 Å². The number of benzene rings is 4. The van der Waals surface area contributed by atoms with Crippen LogP contribution in [0.15, 0.2) is 121 Å². The fraction of sp³-hybridized carbons (Fsp3) is 0. The molecule has 34 heavy (non-hydrogen) atoms. The summed E-state index contributed by atoms with van der Waals surface area (Å²) in [4.78, 5) is 9.48. The summed E-state index contributed by atoms with van der Waals surface area (Å²) >= 11 is 0. The highest BCUT2D eigenvalue weighted by Crippen LogP contribution is 2.33. The Balaban J connectivity index is 1.43. The monoisotopic (exact) mass is 436 g/mol. The van der Waals surface area contributed by atoms with Gasteiger partial charge in [-0.15, -0.1) is 0 Å². The van der Waals surface area contributed by atoms with Crippen LogP contribution in [0.1, 0.15) is 0 Å². The Hall–Kier alpha value is -4.70. The van der Waals surface area contributed by atoms with Crippen LogP contribution in [0.3, 0.4) is 0 Å². The molecule has 0 radical (unpaired) electrons. The van der Waals surface area contributed by atoms with E-state index in [-0.39, 0.29) is 0 Å². The van der Waals surface area contributed by atoms with E-state index >= 15 is 0 Å². The standard InChI is InChI=1S/C30H20N4/c1-4-13-27-23(9-1)24-10-2-5-14-28(24)33(27)21-16-18-22(19-17-21)34-29-15-6-3-11-25(29)32-30(34)26-12-7-8-20-31-26/h1-20H. The van der Waals surface area contributed by atoms with Gasteiger partial charge in [0.1, 0.15) is 5.69 Å². The fourth-order valence-corrected chi connectivity index (χ4v) is 4.91. The average molecular weight is 437 g/mol. The van der Waals surface area contributed by atoms with Gasteiger partial charge in [-0.3, -0.25) is 9.55 Å². The van der Waals surface area contributed by atoms with Crippen LogP contribution in [0.2, 0.25) is 0 Å². The highest BCUT2D eigenvalue weighted by Gasteiger charge is 2.16. The topological polar surface area (TPSA) is 35.6 Å². The van der Waals surface area contributed by atoms with Crippen molar-refractivity contribution in [2.24, 2.45) is 0 Å². The summed E-state index contributed by atoms with van der Waals surface area (Å²) in [5.74, 6) is 0.839.